The van der Waals surface area contributed by atoms with Gasteiger partial charge in [-0.25, -0.2) is 8.78 Å². The molecule has 4 heteroatoms. The minimum atomic E-state index is -0.367. The molecule has 1 nitrogen and oxygen atoms in total. The standard InChI is InChI=1S/C14H11ClF2O/c1-9-6-11(16)3-5-14(9)18-8-10-7-12(17)2-4-13(10)15/h2-7H,8H2,1H3. The van der Waals surface area contributed by atoms with Gasteiger partial charge in [-0.1, -0.05) is 11.6 Å². The van der Waals surface area contributed by atoms with Gasteiger partial charge < -0.3 is 4.74 Å². The molecule has 0 spiro atoms. The van der Waals surface area contributed by atoms with Crippen molar-refractivity contribution < 1.29 is 13.5 Å². The Balaban J connectivity index is 2.13. The number of hydrogen-bond acceptors (Lipinski definition) is 1. The average molecular weight is 269 g/mol. The molecule has 0 N–H and O–H groups in total. The Labute approximate surface area is 109 Å². The van der Waals surface area contributed by atoms with Gasteiger partial charge >= 0.3 is 0 Å². The van der Waals surface area contributed by atoms with Gasteiger partial charge in [0.2, 0.25) is 0 Å². The molecule has 0 heterocycles. The predicted octanol–water partition coefficient (Wildman–Crippen LogP) is 4.51. The van der Waals surface area contributed by atoms with Crippen LogP contribution in [0.4, 0.5) is 8.78 Å². The average Bonchev–Trinajstić information content (AvgIpc) is 2.32. The maximum atomic E-state index is 13.0. The van der Waals surface area contributed by atoms with Gasteiger partial charge in [-0.3, -0.25) is 0 Å². The molecule has 2 rings (SSSR count). The van der Waals surface area contributed by atoms with Crippen molar-refractivity contribution in [1.29, 1.82) is 0 Å². The highest BCUT2D eigenvalue weighted by Crippen LogP contribution is 2.22. The minimum absolute atomic E-state index is 0.142. The Bertz CT molecular complexity index is 570. The molecule has 0 aromatic heterocycles. The molecule has 0 bridgehead atoms. The van der Waals surface area contributed by atoms with E-state index < -0.39 is 0 Å². The van der Waals surface area contributed by atoms with Crippen molar-refractivity contribution in [1.82, 2.24) is 0 Å². The quantitative estimate of drug-likeness (QED) is 0.796. The van der Waals surface area contributed by atoms with E-state index in [1.165, 1.54) is 36.4 Å². The van der Waals surface area contributed by atoms with Crippen LogP contribution in [0.1, 0.15) is 11.1 Å². The molecule has 2 aromatic rings. The Morgan fingerprint density at radius 1 is 1.06 bits per heavy atom. The van der Waals surface area contributed by atoms with Crippen LogP contribution in [0.2, 0.25) is 5.02 Å². The van der Waals surface area contributed by atoms with E-state index in [9.17, 15) is 8.78 Å². The normalized spacial score (nSPS) is 10.4. The van der Waals surface area contributed by atoms with Crippen LogP contribution in [0.15, 0.2) is 36.4 Å². The number of halogens is 3. The van der Waals surface area contributed by atoms with Gasteiger partial charge in [0.1, 0.15) is 24.0 Å². The molecule has 0 aliphatic carbocycles. The lowest BCUT2D eigenvalue weighted by Gasteiger charge is -2.10. The zero-order valence-corrected chi connectivity index (χ0v) is 10.5. The first-order valence-corrected chi connectivity index (χ1v) is 5.77. The van der Waals surface area contributed by atoms with Crippen LogP contribution in [0.3, 0.4) is 0 Å². The van der Waals surface area contributed by atoms with Crippen molar-refractivity contribution in [2.75, 3.05) is 0 Å². The van der Waals surface area contributed by atoms with Crippen LogP contribution < -0.4 is 4.74 Å². The van der Waals surface area contributed by atoms with Crippen molar-refractivity contribution >= 4 is 11.6 Å². The third kappa shape index (κ3) is 2.99. The second-order valence-corrected chi connectivity index (χ2v) is 4.34. The second kappa shape index (κ2) is 5.36. The molecule has 0 unspecified atom stereocenters. The van der Waals surface area contributed by atoms with Gasteiger partial charge in [0.15, 0.2) is 0 Å². The maximum Gasteiger partial charge on any atom is 0.123 e. The molecule has 2 aromatic carbocycles. The Hall–Kier alpha value is -1.61. The summed E-state index contributed by atoms with van der Waals surface area (Å²) in [5.74, 6) is -0.130. The molecular formula is C14H11ClF2O. The zero-order chi connectivity index (χ0) is 13.1. The Morgan fingerprint density at radius 3 is 2.44 bits per heavy atom. The molecule has 0 amide bonds. The van der Waals surface area contributed by atoms with Crippen molar-refractivity contribution in [2.45, 2.75) is 13.5 Å². The number of benzene rings is 2. The summed E-state index contributed by atoms with van der Waals surface area (Å²) in [6.45, 7) is 1.88. The summed E-state index contributed by atoms with van der Waals surface area (Å²) in [5, 5.41) is 0.441. The zero-order valence-electron chi connectivity index (χ0n) is 9.71. The third-order valence-electron chi connectivity index (χ3n) is 2.53. The molecule has 0 saturated heterocycles. The lowest BCUT2D eigenvalue weighted by molar-refractivity contribution is 0.303. The summed E-state index contributed by atoms with van der Waals surface area (Å²) in [6.07, 6.45) is 0. The molecule has 0 aliphatic rings. The van der Waals surface area contributed by atoms with E-state index in [1.54, 1.807) is 6.92 Å². The van der Waals surface area contributed by atoms with E-state index >= 15 is 0 Å². The second-order valence-electron chi connectivity index (χ2n) is 3.93. The maximum absolute atomic E-state index is 13.0. The number of rotatable bonds is 3. The monoisotopic (exact) mass is 268 g/mol. The summed E-state index contributed by atoms with van der Waals surface area (Å²) in [5.41, 5.74) is 1.24. The SMILES string of the molecule is Cc1cc(F)ccc1OCc1cc(F)ccc1Cl. The van der Waals surface area contributed by atoms with Crippen LogP contribution in [-0.2, 0) is 6.61 Å². The van der Waals surface area contributed by atoms with Crippen LogP contribution in [0.25, 0.3) is 0 Å². The van der Waals surface area contributed by atoms with E-state index in [0.29, 0.717) is 21.9 Å². The molecular weight excluding hydrogens is 258 g/mol. The van der Waals surface area contributed by atoms with Crippen LogP contribution >= 0.6 is 11.6 Å². The van der Waals surface area contributed by atoms with E-state index in [-0.39, 0.29) is 18.2 Å². The summed E-state index contributed by atoms with van der Waals surface area (Å²) in [7, 11) is 0. The number of hydrogen-bond donors (Lipinski definition) is 0. The van der Waals surface area contributed by atoms with E-state index in [1.807, 2.05) is 0 Å². The summed E-state index contributed by atoms with van der Waals surface area (Å²) < 4.78 is 31.4. The summed E-state index contributed by atoms with van der Waals surface area (Å²) in [4.78, 5) is 0. The Morgan fingerprint density at radius 2 is 1.72 bits per heavy atom. The van der Waals surface area contributed by atoms with Crippen molar-refractivity contribution in [3.63, 3.8) is 0 Å². The van der Waals surface area contributed by atoms with Gasteiger partial charge in [-0.05, 0) is 48.9 Å². The highest BCUT2D eigenvalue weighted by molar-refractivity contribution is 6.31. The van der Waals surface area contributed by atoms with Crippen LogP contribution in [0, 0.1) is 18.6 Å². The fraction of sp³-hybridized carbons (Fsp3) is 0.143. The number of ether oxygens (including phenoxy) is 1. The molecule has 0 fully saturated rings. The third-order valence-corrected chi connectivity index (χ3v) is 2.90. The van der Waals surface area contributed by atoms with Gasteiger partial charge in [0.05, 0.1) is 0 Å². The minimum Gasteiger partial charge on any atom is -0.489 e. The Kier molecular flexibility index (Phi) is 3.82. The topological polar surface area (TPSA) is 9.23 Å². The summed E-state index contributed by atoms with van der Waals surface area (Å²) in [6, 6.07) is 8.32. The molecule has 0 radical (unpaired) electrons. The smallest absolute Gasteiger partial charge is 0.123 e. The van der Waals surface area contributed by atoms with E-state index in [0.717, 1.165) is 0 Å². The van der Waals surface area contributed by atoms with Gasteiger partial charge in [0, 0.05) is 10.6 Å². The van der Waals surface area contributed by atoms with Crippen LogP contribution in [0.5, 0.6) is 5.75 Å². The molecule has 0 aliphatic heterocycles. The fourth-order valence-electron chi connectivity index (χ4n) is 1.58. The first kappa shape index (κ1) is 12.8. The van der Waals surface area contributed by atoms with Gasteiger partial charge in [-0.2, -0.15) is 0 Å². The predicted molar refractivity (Wildman–Crippen MR) is 66.9 cm³/mol. The molecule has 0 atom stereocenters. The highest BCUT2D eigenvalue weighted by atomic mass is 35.5. The first-order valence-electron chi connectivity index (χ1n) is 5.39. The largest absolute Gasteiger partial charge is 0.489 e. The molecule has 94 valence electrons. The molecule has 0 saturated carbocycles. The van der Waals surface area contributed by atoms with E-state index in [2.05, 4.69) is 0 Å². The van der Waals surface area contributed by atoms with E-state index in [4.69, 9.17) is 16.3 Å². The summed E-state index contributed by atoms with van der Waals surface area (Å²) >= 11 is 5.92. The lowest BCUT2D eigenvalue weighted by atomic mass is 10.2. The molecule has 18 heavy (non-hydrogen) atoms. The van der Waals surface area contributed by atoms with Crippen molar-refractivity contribution in [3.05, 3.63) is 64.2 Å². The van der Waals surface area contributed by atoms with Gasteiger partial charge in [0.25, 0.3) is 0 Å². The number of aryl methyl sites for hydroxylation is 1. The first-order chi connectivity index (χ1) is 8.56. The fourth-order valence-corrected chi connectivity index (χ4v) is 1.76. The van der Waals surface area contributed by atoms with Crippen molar-refractivity contribution in [2.24, 2.45) is 0 Å². The highest BCUT2D eigenvalue weighted by Gasteiger charge is 2.05. The lowest BCUT2D eigenvalue weighted by Crippen LogP contribution is -1.98. The van der Waals surface area contributed by atoms with Crippen molar-refractivity contribution in [3.8, 4) is 5.75 Å². The van der Waals surface area contributed by atoms with Crippen LogP contribution in [-0.4, -0.2) is 0 Å². The van der Waals surface area contributed by atoms with Gasteiger partial charge in [-0.15, -0.1) is 0 Å².